The van der Waals surface area contributed by atoms with Crippen molar-refractivity contribution in [2.75, 3.05) is 32.7 Å². The highest BCUT2D eigenvalue weighted by Gasteiger charge is 2.28. The molecule has 2 aliphatic rings. The molecule has 110 valence electrons. The van der Waals surface area contributed by atoms with Gasteiger partial charge in [0.05, 0.1) is 6.54 Å². The number of carbonyl (C=O) groups is 1. The summed E-state index contributed by atoms with van der Waals surface area (Å²) in [4.78, 5) is 16.6. The van der Waals surface area contributed by atoms with E-state index in [0.29, 0.717) is 18.5 Å². The number of hydrogen-bond acceptors (Lipinski definition) is 3. The van der Waals surface area contributed by atoms with E-state index in [2.05, 4.69) is 24.1 Å². The molecule has 1 heterocycles. The lowest BCUT2D eigenvalue weighted by molar-refractivity contribution is -0.133. The third-order valence-electron chi connectivity index (χ3n) is 4.42. The van der Waals surface area contributed by atoms with Crippen molar-refractivity contribution in [3.05, 3.63) is 0 Å². The van der Waals surface area contributed by atoms with Crippen molar-refractivity contribution in [1.82, 2.24) is 15.1 Å². The Kier molecular flexibility index (Phi) is 5.64. The molecule has 4 heteroatoms. The summed E-state index contributed by atoms with van der Waals surface area (Å²) in [7, 11) is 0. The van der Waals surface area contributed by atoms with Crippen LogP contribution < -0.4 is 5.32 Å². The fraction of sp³-hybridized carbons (Fsp3) is 0.933. The highest BCUT2D eigenvalue weighted by Crippen LogP contribution is 2.21. The number of rotatable bonds is 7. The topological polar surface area (TPSA) is 35.6 Å². The van der Waals surface area contributed by atoms with Crippen LogP contribution in [-0.4, -0.2) is 60.5 Å². The van der Waals surface area contributed by atoms with Crippen molar-refractivity contribution in [2.45, 2.75) is 58.0 Å². The fourth-order valence-corrected chi connectivity index (χ4v) is 2.94. The summed E-state index contributed by atoms with van der Waals surface area (Å²) >= 11 is 0. The lowest BCUT2D eigenvalue weighted by atomic mass is 10.0. The minimum atomic E-state index is 0.295. The van der Waals surface area contributed by atoms with Gasteiger partial charge >= 0.3 is 0 Å². The van der Waals surface area contributed by atoms with Crippen LogP contribution in [0.15, 0.2) is 0 Å². The average Bonchev–Trinajstić information content (AvgIpc) is 3.23. The molecule has 1 aliphatic heterocycles. The SMILES string of the molecule is CCN(CC)C(=O)CN1CCCCC1CNC1CC1. The Morgan fingerprint density at radius 2 is 1.95 bits per heavy atom. The monoisotopic (exact) mass is 267 g/mol. The molecule has 2 fully saturated rings. The molecule has 0 spiro atoms. The predicted octanol–water partition coefficient (Wildman–Crippen LogP) is 1.46. The molecule has 1 atom stereocenters. The standard InChI is InChI=1S/C15H29N3O/c1-3-17(4-2)15(19)12-18-10-6-5-7-14(18)11-16-13-8-9-13/h13-14,16H,3-12H2,1-2H3. The first-order valence-corrected chi connectivity index (χ1v) is 7.99. The van der Waals surface area contributed by atoms with E-state index < -0.39 is 0 Å². The Morgan fingerprint density at radius 3 is 2.58 bits per heavy atom. The van der Waals surface area contributed by atoms with E-state index >= 15 is 0 Å². The lowest BCUT2D eigenvalue weighted by Crippen LogP contribution is -2.50. The summed E-state index contributed by atoms with van der Waals surface area (Å²) in [6.45, 7) is 8.54. The number of carbonyl (C=O) groups excluding carboxylic acids is 1. The molecule has 0 aromatic rings. The van der Waals surface area contributed by atoms with Crippen LogP contribution in [0.1, 0.15) is 46.0 Å². The van der Waals surface area contributed by atoms with Crippen LogP contribution in [0, 0.1) is 0 Å². The lowest BCUT2D eigenvalue weighted by Gasteiger charge is -2.36. The van der Waals surface area contributed by atoms with Gasteiger partial charge in [0.15, 0.2) is 0 Å². The number of likely N-dealkylation sites (N-methyl/N-ethyl adjacent to an activating group) is 1. The number of nitrogens with one attached hydrogen (secondary N) is 1. The van der Waals surface area contributed by atoms with Crippen molar-refractivity contribution >= 4 is 5.91 Å². The maximum Gasteiger partial charge on any atom is 0.236 e. The zero-order chi connectivity index (χ0) is 13.7. The highest BCUT2D eigenvalue weighted by atomic mass is 16.2. The largest absolute Gasteiger partial charge is 0.342 e. The number of nitrogens with zero attached hydrogens (tertiary/aromatic N) is 2. The van der Waals surface area contributed by atoms with Crippen molar-refractivity contribution in [3.8, 4) is 0 Å². The zero-order valence-corrected chi connectivity index (χ0v) is 12.5. The smallest absolute Gasteiger partial charge is 0.236 e. The minimum Gasteiger partial charge on any atom is -0.342 e. The van der Waals surface area contributed by atoms with Crippen molar-refractivity contribution in [3.63, 3.8) is 0 Å². The van der Waals surface area contributed by atoms with Crippen LogP contribution >= 0.6 is 0 Å². The van der Waals surface area contributed by atoms with Crippen LogP contribution in [0.2, 0.25) is 0 Å². The molecule has 0 radical (unpaired) electrons. The Bertz CT molecular complexity index is 287. The minimum absolute atomic E-state index is 0.295. The van der Waals surface area contributed by atoms with Crippen LogP contribution in [0.3, 0.4) is 0 Å². The van der Waals surface area contributed by atoms with Gasteiger partial charge in [-0.25, -0.2) is 0 Å². The molecular formula is C15H29N3O. The maximum atomic E-state index is 12.2. The van der Waals surface area contributed by atoms with E-state index in [4.69, 9.17) is 0 Å². The highest BCUT2D eigenvalue weighted by molar-refractivity contribution is 5.78. The summed E-state index contributed by atoms with van der Waals surface area (Å²) in [5.41, 5.74) is 0. The first-order valence-electron chi connectivity index (χ1n) is 7.99. The Hall–Kier alpha value is -0.610. The molecule has 1 saturated heterocycles. The molecule has 0 aromatic heterocycles. The van der Waals surface area contributed by atoms with Crippen LogP contribution in [0.5, 0.6) is 0 Å². The van der Waals surface area contributed by atoms with Crippen LogP contribution in [0.4, 0.5) is 0 Å². The Balaban J connectivity index is 1.81. The molecular weight excluding hydrogens is 238 g/mol. The van der Waals surface area contributed by atoms with E-state index in [1.54, 1.807) is 0 Å². The summed E-state index contributed by atoms with van der Waals surface area (Å²) in [6, 6.07) is 1.33. The van der Waals surface area contributed by atoms with Crippen molar-refractivity contribution < 1.29 is 4.79 Å². The van der Waals surface area contributed by atoms with E-state index in [9.17, 15) is 4.79 Å². The normalized spacial score (nSPS) is 24.4. The van der Waals surface area contributed by atoms with Gasteiger partial charge in [0.25, 0.3) is 0 Å². The Labute approximate surface area is 117 Å². The van der Waals surface area contributed by atoms with Crippen molar-refractivity contribution in [1.29, 1.82) is 0 Å². The molecule has 19 heavy (non-hydrogen) atoms. The van der Waals surface area contributed by atoms with Gasteiger partial charge in [0, 0.05) is 31.7 Å². The molecule has 0 aromatic carbocycles. The maximum absolute atomic E-state index is 12.2. The van der Waals surface area contributed by atoms with E-state index in [1.165, 1.54) is 32.1 Å². The number of piperidine rings is 1. The van der Waals surface area contributed by atoms with Crippen LogP contribution in [0.25, 0.3) is 0 Å². The van der Waals surface area contributed by atoms with Gasteiger partial charge in [-0.05, 0) is 46.1 Å². The van der Waals surface area contributed by atoms with Crippen LogP contribution in [-0.2, 0) is 4.79 Å². The van der Waals surface area contributed by atoms with Gasteiger partial charge in [0.1, 0.15) is 0 Å². The molecule has 4 nitrogen and oxygen atoms in total. The quantitative estimate of drug-likeness (QED) is 0.758. The zero-order valence-electron chi connectivity index (χ0n) is 12.5. The second kappa shape index (κ2) is 7.25. The first-order chi connectivity index (χ1) is 9.24. The molecule has 1 N–H and O–H groups in total. The molecule has 0 bridgehead atoms. The van der Waals surface area contributed by atoms with E-state index in [1.807, 2.05) is 4.90 Å². The number of hydrogen-bond donors (Lipinski definition) is 1. The third-order valence-corrected chi connectivity index (χ3v) is 4.42. The van der Waals surface area contributed by atoms with E-state index in [-0.39, 0.29) is 0 Å². The second-order valence-electron chi connectivity index (χ2n) is 5.87. The molecule has 1 amide bonds. The number of amides is 1. The third kappa shape index (κ3) is 4.46. The summed E-state index contributed by atoms with van der Waals surface area (Å²) < 4.78 is 0. The van der Waals surface area contributed by atoms with Gasteiger partial charge in [-0.15, -0.1) is 0 Å². The predicted molar refractivity (Wildman–Crippen MR) is 78.2 cm³/mol. The van der Waals surface area contributed by atoms with Gasteiger partial charge in [-0.3, -0.25) is 9.69 Å². The summed E-state index contributed by atoms with van der Waals surface area (Å²) in [5, 5.41) is 3.62. The van der Waals surface area contributed by atoms with Gasteiger partial charge in [-0.1, -0.05) is 6.42 Å². The molecule has 2 rings (SSSR count). The first kappa shape index (κ1) is 14.8. The molecule has 1 saturated carbocycles. The molecule has 1 unspecified atom stereocenters. The van der Waals surface area contributed by atoms with E-state index in [0.717, 1.165) is 32.2 Å². The number of likely N-dealkylation sites (tertiary alicyclic amines) is 1. The second-order valence-corrected chi connectivity index (χ2v) is 5.87. The fourth-order valence-electron chi connectivity index (χ4n) is 2.94. The summed E-state index contributed by atoms with van der Waals surface area (Å²) in [6.07, 6.45) is 6.47. The van der Waals surface area contributed by atoms with Gasteiger partial charge in [-0.2, -0.15) is 0 Å². The van der Waals surface area contributed by atoms with Gasteiger partial charge in [0.2, 0.25) is 5.91 Å². The summed E-state index contributed by atoms with van der Waals surface area (Å²) in [5.74, 6) is 0.295. The molecule has 1 aliphatic carbocycles. The van der Waals surface area contributed by atoms with Crippen molar-refractivity contribution in [2.24, 2.45) is 0 Å². The average molecular weight is 267 g/mol. The van der Waals surface area contributed by atoms with Gasteiger partial charge < -0.3 is 10.2 Å². The Morgan fingerprint density at radius 1 is 1.21 bits per heavy atom.